The third kappa shape index (κ3) is 6.34. The van der Waals surface area contributed by atoms with Gasteiger partial charge in [-0.3, -0.25) is 9.59 Å². The largest absolute Gasteiger partial charge is 0.497 e. The second-order valence-corrected chi connectivity index (χ2v) is 7.92. The third-order valence-corrected chi connectivity index (χ3v) is 5.66. The van der Waals surface area contributed by atoms with Crippen molar-refractivity contribution in [2.24, 2.45) is 0 Å². The fourth-order valence-corrected chi connectivity index (χ4v) is 3.56. The Morgan fingerprint density at radius 3 is 2.25 bits per heavy atom. The minimum absolute atomic E-state index is 0.118. The van der Waals surface area contributed by atoms with Crippen LogP contribution in [-0.2, 0) is 29.1 Å². The standard InChI is InChI=1S/C26H27ClN2O3/c1-19(26(31)28-17-22-10-6-7-11-24(22)27)29(18-21-12-14-23(32-2)15-13-21)25(30)16-20-8-4-3-5-9-20/h3-15,19H,16-18H2,1-2H3,(H,28,31). The molecule has 1 N–H and O–H groups in total. The van der Waals surface area contributed by atoms with Crippen LogP contribution < -0.4 is 10.1 Å². The van der Waals surface area contributed by atoms with Crippen LogP contribution in [-0.4, -0.2) is 29.9 Å². The van der Waals surface area contributed by atoms with Gasteiger partial charge in [0, 0.05) is 18.1 Å². The number of hydrogen-bond acceptors (Lipinski definition) is 3. The summed E-state index contributed by atoms with van der Waals surface area (Å²) in [5, 5.41) is 3.50. The first kappa shape index (κ1) is 23.4. The van der Waals surface area contributed by atoms with Crippen molar-refractivity contribution in [2.75, 3.05) is 7.11 Å². The van der Waals surface area contributed by atoms with Gasteiger partial charge in [0.1, 0.15) is 11.8 Å². The van der Waals surface area contributed by atoms with E-state index in [0.29, 0.717) is 18.1 Å². The fraction of sp³-hybridized carbons (Fsp3) is 0.231. The van der Waals surface area contributed by atoms with Crippen LogP contribution in [0.2, 0.25) is 5.02 Å². The smallest absolute Gasteiger partial charge is 0.242 e. The van der Waals surface area contributed by atoms with Crippen molar-refractivity contribution in [3.8, 4) is 5.75 Å². The van der Waals surface area contributed by atoms with Crippen molar-refractivity contribution in [3.63, 3.8) is 0 Å². The Balaban J connectivity index is 1.75. The van der Waals surface area contributed by atoms with Crippen LogP contribution in [0.4, 0.5) is 0 Å². The summed E-state index contributed by atoms with van der Waals surface area (Å²) in [7, 11) is 1.61. The van der Waals surface area contributed by atoms with Crippen LogP contribution in [0.5, 0.6) is 5.75 Å². The number of methoxy groups -OCH3 is 1. The van der Waals surface area contributed by atoms with Gasteiger partial charge in [-0.05, 0) is 41.8 Å². The van der Waals surface area contributed by atoms with E-state index in [1.807, 2.05) is 72.8 Å². The lowest BCUT2D eigenvalue weighted by Gasteiger charge is -2.29. The highest BCUT2D eigenvalue weighted by molar-refractivity contribution is 6.31. The summed E-state index contributed by atoms with van der Waals surface area (Å²) in [6, 6.07) is 23.7. The summed E-state index contributed by atoms with van der Waals surface area (Å²) in [4.78, 5) is 27.8. The lowest BCUT2D eigenvalue weighted by atomic mass is 10.1. The van der Waals surface area contributed by atoms with E-state index in [1.54, 1.807) is 25.0 Å². The van der Waals surface area contributed by atoms with Crippen LogP contribution in [0.15, 0.2) is 78.9 Å². The molecule has 3 rings (SSSR count). The van der Waals surface area contributed by atoms with E-state index in [9.17, 15) is 9.59 Å². The number of ether oxygens (including phenoxy) is 1. The predicted molar refractivity (Wildman–Crippen MR) is 126 cm³/mol. The summed E-state index contributed by atoms with van der Waals surface area (Å²) in [5.41, 5.74) is 2.64. The number of nitrogens with zero attached hydrogens (tertiary/aromatic N) is 1. The average Bonchev–Trinajstić information content (AvgIpc) is 2.82. The molecule has 0 saturated carbocycles. The quantitative estimate of drug-likeness (QED) is 0.517. The lowest BCUT2D eigenvalue weighted by molar-refractivity contribution is -0.140. The minimum Gasteiger partial charge on any atom is -0.497 e. The number of halogens is 1. The number of rotatable bonds is 9. The van der Waals surface area contributed by atoms with Gasteiger partial charge >= 0.3 is 0 Å². The van der Waals surface area contributed by atoms with Crippen LogP contribution >= 0.6 is 11.6 Å². The topological polar surface area (TPSA) is 58.6 Å². The molecule has 0 spiro atoms. The van der Waals surface area contributed by atoms with Crippen molar-refractivity contribution in [1.82, 2.24) is 10.2 Å². The Bertz CT molecular complexity index is 1040. The van der Waals surface area contributed by atoms with Gasteiger partial charge in [-0.1, -0.05) is 72.3 Å². The SMILES string of the molecule is COc1ccc(CN(C(=O)Cc2ccccc2)C(C)C(=O)NCc2ccccc2Cl)cc1. The molecule has 0 heterocycles. The van der Waals surface area contributed by atoms with Crippen molar-refractivity contribution >= 4 is 23.4 Å². The molecule has 1 atom stereocenters. The zero-order valence-electron chi connectivity index (χ0n) is 18.3. The molecule has 32 heavy (non-hydrogen) atoms. The summed E-state index contributed by atoms with van der Waals surface area (Å²) >= 11 is 6.20. The molecule has 0 saturated heterocycles. The number of amides is 2. The summed E-state index contributed by atoms with van der Waals surface area (Å²) < 4.78 is 5.21. The van der Waals surface area contributed by atoms with E-state index >= 15 is 0 Å². The molecule has 3 aromatic carbocycles. The normalized spacial score (nSPS) is 11.5. The van der Waals surface area contributed by atoms with Crippen LogP contribution in [0.25, 0.3) is 0 Å². The molecule has 3 aromatic rings. The molecule has 5 nitrogen and oxygen atoms in total. The second-order valence-electron chi connectivity index (χ2n) is 7.52. The Labute approximate surface area is 194 Å². The van der Waals surface area contributed by atoms with Gasteiger partial charge in [0.15, 0.2) is 0 Å². The van der Waals surface area contributed by atoms with Gasteiger partial charge in [0.2, 0.25) is 11.8 Å². The van der Waals surface area contributed by atoms with E-state index < -0.39 is 6.04 Å². The highest BCUT2D eigenvalue weighted by Crippen LogP contribution is 2.17. The molecular formula is C26H27ClN2O3. The van der Waals surface area contributed by atoms with Gasteiger partial charge in [0.25, 0.3) is 0 Å². The van der Waals surface area contributed by atoms with Crippen LogP contribution in [0.1, 0.15) is 23.6 Å². The maximum Gasteiger partial charge on any atom is 0.242 e. The zero-order chi connectivity index (χ0) is 22.9. The molecule has 1 unspecified atom stereocenters. The Morgan fingerprint density at radius 1 is 0.938 bits per heavy atom. The third-order valence-electron chi connectivity index (χ3n) is 5.29. The maximum absolute atomic E-state index is 13.2. The number of nitrogens with one attached hydrogen (secondary N) is 1. The molecule has 0 aromatic heterocycles. The van der Waals surface area contributed by atoms with Gasteiger partial charge in [-0.25, -0.2) is 0 Å². The molecular weight excluding hydrogens is 424 g/mol. The minimum atomic E-state index is -0.657. The number of carbonyl (C=O) groups excluding carboxylic acids is 2. The van der Waals surface area contributed by atoms with Crippen molar-refractivity contribution < 1.29 is 14.3 Å². The Hall–Kier alpha value is -3.31. The van der Waals surface area contributed by atoms with Gasteiger partial charge in [0.05, 0.1) is 13.5 Å². The van der Waals surface area contributed by atoms with Crippen molar-refractivity contribution in [2.45, 2.75) is 32.5 Å². The molecule has 0 radical (unpaired) electrons. The molecule has 6 heteroatoms. The summed E-state index contributed by atoms with van der Waals surface area (Å²) in [6.07, 6.45) is 0.221. The summed E-state index contributed by atoms with van der Waals surface area (Å²) in [5.74, 6) is 0.383. The first-order chi connectivity index (χ1) is 15.5. The second kappa shape index (κ2) is 11.3. The average molecular weight is 451 g/mol. The van der Waals surface area contributed by atoms with E-state index in [1.165, 1.54) is 0 Å². The molecule has 0 aliphatic heterocycles. The molecule has 2 amide bonds. The highest BCUT2D eigenvalue weighted by Gasteiger charge is 2.26. The zero-order valence-corrected chi connectivity index (χ0v) is 19.0. The van der Waals surface area contributed by atoms with Crippen LogP contribution in [0.3, 0.4) is 0 Å². The first-order valence-corrected chi connectivity index (χ1v) is 10.8. The van der Waals surface area contributed by atoms with E-state index in [-0.39, 0.29) is 18.2 Å². The first-order valence-electron chi connectivity index (χ1n) is 10.5. The van der Waals surface area contributed by atoms with E-state index in [2.05, 4.69) is 5.32 Å². The van der Waals surface area contributed by atoms with E-state index in [0.717, 1.165) is 22.4 Å². The molecule has 166 valence electrons. The predicted octanol–water partition coefficient (Wildman–Crippen LogP) is 4.62. The van der Waals surface area contributed by atoms with Crippen LogP contribution in [0, 0.1) is 0 Å². The molecule has 0 bridgehead atoms. The van der Waals surface area contributed by atoms with Gasteiger partial charge < -0.3 is 15.0 Å². The molecule has 0 aliphatic carbocycles. The fourth-order valence-electron chi connectivity index (χ4n) is 3.35. The number of hydrogen-bond donors (Lipinski definition) is 1. The number of carbonyl (C=O) groups is 2. The van der Waals surface area contributed by atoms with E-state index in [4.69, 9.17) is 16.3 Å². The van der Waals surface area contributed by atoms with Crippen molar-refractivity contribution in [3.05, 3.63) is 101 Å². The highest BCUT2D eigenvalue weighted by atomic mass is 35.5. The maximum atomic E-state index is 13.2. The number of benzene rings is 3. The summed E-state index contributed by atoms with van der Waals surface area (Å²) in [6.45, 7) is 2.36. The monoisotopic (exact) mass is 450 g/mol. The Morgan fingerprint density at radius 2 is 1.59 bits per heavy atom. The molecule has 0 fully saturated rings. The van der Waals surface area contributed by atoms with Crippen molar-refractivity contribution in [1.29, 1.82) is 0 Å². The van der Waals surface area contributed by atoms with Gasteiger partial charge in [-0.15, -0.1) is 0 Å². The Kier molecular flexibility index (Phi) is 8.28. The van der Waals surface area contributed by atoms with Gasteiger partial charge in [-0.2, -0.15) is 0 Å². The molecule has 0 aliphatic rings. The lowest BCUT2D eigenvalue weighted by Crippen LogP contribution is -2.48.